The summed E-state index contributed by atoms with van der Waals surface area (Å²) in [7, 11) is 1.64. The summed E-state index contributed by atoms with van der Waals surface area (Å²) in [6, 6.07) is 24.6. The summed E-state index contributed by atoms with van der Waals surface area (Å²) in [5.74, 6) is 0.924. The molecule has 1 atom stereocenters. The predicted molar refractivity (Wildman–Crippen MR) is 162 cm³/mol. The molecule has 42 heavy (non-hydrogen) atoms. The van der Waals surface area contributed by atoms with Crippen molar-refractivity contribution in [3.63, 3.8) is 0 Å². The molecule has 3 aromatic carbocycles. The highest BCUT2D eigenvalue weighted by Crippen LogP contribution is 2.41. The van der Waals surface area contributed by atoms with E-state index in [2.05, 4.69) is 18.2 Å². The summed E-state index contributed by atoms with van der Waals surface area (Å²) >= 11 is 1.35. The zero-order valence-electron chi connectivity index (χ0n) is 23.0. The van der Waals surface area contributed by atoms with Crippen molar-refractivity contribution in [3.05, 3.63) is 138 Å². The second-order valence-corrected chi connectivity index (χ2v) is 11.4. The van der Waals surface area contributed by atoms with Crippen LogP contribution in [0.3, 0.4) is 0 Å². The molecule has 2 aromatic heterocycles. The number of furan rings is 1. The number of aromatic nitrogens is 1. The van der Waals surface area contributed by atoms with Gasteiger partial charge in [0, 0.05) is 17.2 Å². The second-order valence-electron chi connectivity index (χ2n) is 10.4. The SMILES string of the molecule is COc1ccc([C@@H]2C3=C(N=c4s/c(=C/c5ccc(-c6ccc(C(=O)O)cc6C)o5)c(=O)n42)c2ccccc2CC3)cc1. The van der Waals surface area contributed by atoms with Crippen LogP contribution < -0.4 is 19.6 Å². The first-order valence-corrected chi connectivity index (χ1v) is 14.4. The number of ether oxygens (including phenoxy) is 1. The number of allylic oxidation sites excluding steroid dienone is 1. The van der Waals surface area contributed by atoms with Gasteiger partial charge in [-0.1, -0.05) is 53.8 Å². The minimum Gasteiger partial charge on any atom is -0.497 e. The third-order valence-corrected chi connectivity index (χ3v) is 8.93. The lowest BCUT2D eigenvalue weighted by atomic mass is 9.83. The fourth-order valence-corrected chi connectivity index (χ4v) is 6.87. The van der Waals surface area contributed by atoms with Crippen molar-refractivity contribution in [2.75, 3.05) is 7.11 Å². The lowest BCUT2D eigenvalue weighted by molar-refractivity contribution is 0.0696. The molecule has 7 rings (SSSR count). The number of thiazole rings is 1. The molecule has 1 N–H and O–H groups in total. The number of fused-ring (bicyclic) bond motifs is 3. The fourth-order valence-electron chi connectivity index (χ4n) is 5.89. The van der Waals surface area contributed by atoms with Gasteiger partial charge in [0.25, 0.3) is 5.56 Å². The van der Waals surface area contributed by atoms with Gasteiger partial charge in [-0.15, -0.1) is 0 Å². The first-order chi connectivity index (χ1) is 20.4. The van der Waals surface area contributed by atoms with Gasteiger partial charge in [0.2, 0.25) is 0 Å². The number of methoxy groups -OCH3 is 1. The number of nitrogens with zero attached hydrogens (tertiary/aromatic N) is 2. The Hall–Kier alpha value is -4.95. The first-order valence-electron chi connectivity index (χ1n) is 13.6. The van der Waals surface area contributed by atoms with Gasteiger partial charge in [0.15, 0.2) is 4.80 Å². The summed E-state index contributed by atoms with van der Waals surface area (Å²) < 4.78 is 13.8. The minimum absolute atomic E-state index is 0.120. The van der Waals surface area contributed by atoms with Crippen LogP contribution >= 0.6 is 11.3 Å². The van der Waals surface area contributed by atoms with Crippen molar-refractivity contribution in [2.45, 2.75) is 25.8 Å². The van der Waals surface area contributed by atoms with Crippen LogP contribution in [0.5, 0.6) is 5.75 Å². The quantitative estimate of drug-likeness (QED) is 0.295. The van der Waals surface area contributed by atoms with Crippen LogP contribution in [0.1, 0.15) is 50.8 Å². The zero-order valence-corrected chi connectivity index (χ0v) is 23.8. The second kappa shape index (κ2) is 10.2. The van der Waals surface area contributed by atoms with Crippen LogP contribution in [-0.2, 0) is 6.42 Å². The molecule has 0 bridgehead atoms. The van der Waals surface area contributed by atoms with E-state index in [-0.39, 0.29) is 17.2 Å². The third-order valence-electron chi connectivity index (χ3n) is 7.94. The van der Waals surface area contributed by atoms with Crippen molar-refractivity contribution >= 4 is 29.1 Å². The minimum atomic E-state index is -0.974. The van der Waals surface area contributed by atoms with Gasteiger partial charge >= 0.3 is 5.97 Å². The molecule has 0 amide bonds. The molecule has 5 aromatic rings. The molecule has 3 heterocycles. The number of hydrogen-bond acceptors (Lipinski definition) is 6. The molecule has 8 heteroatoms. The molecule has 1 aliphatic carbocycles. The predicted octanol–water partition coefficient (Wildman–Crippen LogP) is 5.59. The van der Waals surface area contributed by atoms with Crippen molar-refractivity contribution in [1.82, 2.24) is 4.57 Å². The Morgan fingerprint density at radius 3 is 2.62 bits per heavy atom. The topological polar surface area (TPSA) is 94.0 Å². The first kappa shape index (κ1) is 26.0. The van der Waals surface area contributed by atoms with E-state index in [1.807, 2.05) is 54.0 Å². The number of carboxylic acids is 1. The van der Waals surface area contributed by atoms with Gasteiger partial charge in [0.05, 0.1) is 28.9 Å². The summed E-state index contributed by atoms with van der Waals surface area (Å²) in [4.78, 5) is 31.1. The van der Waals surface area contributed by atoms with Crippen molar-refractivity contribution in [3.8, 4) is 17.1 Å². The summed E-state index contributed by atoms with van der Waals surface area (Å²) in [5, 5.41) is 9.29. The summed E-state index contributed by atoms with van der Waals surface area (Å²) in [6.07, 6.45) is 3.47. The van der Waals surface area contributed by atoms with Gasteiger partial charge in [-0.05, 0) is 78.4 Å². The average molecular weight is 575 g/mol. The van der Waals surface area contributed by atoms with E-state index in [4.69, 9.17) is 14.1 Å². The van der Waals surface area contributed by atoms with Gasteiger partial charge in [0.1, 0.15) is 17.3 Å². The molecule has 1 aliphatic heterocycles. The van der Waals surface area contributed by atoms with Crippen LogP contribution in [0, 0.1) is 6.92 Å². The summed E-state index contributed by atoms with van der Waals surface area (Å²) in [6.45, 7) is 1.85. The van der Waals surface area contributed by atoms with Crippen LogP contribution in [0.25, 0.3) is 23.1 Å². The van der Waals surface area contributed by atoms with E-state index < -0.39 is 5.97 Å². The maximum atomic E-state index is 14.0. The number of rotatable bonds is 5. The standard InChI is InChI=1S/C34H26N2O5S/c1-19-17-22(33(38)39)10-14-25(19)28-16-13-24(41-28)18-29-32(37)36-31(21-7-11-23(40-2)12-8-21)27-15-9-20-5-3-4-6-26(20)30(27)35-34(36)42-29/h3-8,10-14,16-18,31H,9,15H2,1-2H3,(H,38,39)/b29-18+/t31-/m1/s1. The lowest BCUT2D eigenvalue weighted by Crippen LogP contribution is -2.38. The Balaban J connectivity index is 1.36. The van der Waals surface area contributed by atoms with E-state index in [1.165, 1.54) is 16.9 Å². The maximum absolute atomic E-state index is 14.0. The molecule has 0 saturated carbocycles. The molecule has 7 nitrogen and oxygen atoms in total. The molecule has 0 spiro atoms. The van der Waals surface area contributed by atoms with Gasteiger partial charge in [-0.25, -0.2) is 9.79 Å². The van der Waals surface area contributed by atoms with Crippen LogP contribution in [0.15, 0.2) is 98.6 Å². The van der Waals surface area contributed by atoms with E-state index in [9.17, 15) is 14.7 Å². The van der Waals surface area contributed by atoms with Crippen molar-refractivity contribution < 1.29 is 19.1 Å². The molecule has 2 aliphatic rings. The molecular weight excluding hydrogens is 548 g/mol. The highest BCUT2D eigenvalue weighted by atomic mass is 32.1. The largest absolute Gasteiger partial charge is 0.497 e. The van der Waals surface area contributed by atoms with Gasteiger partial charge < -0.3 is 14.3 Å². The Morgan fingerprint density at radius 2 is 1.86 bits per heavy atom. The van der Waals surface area contributed by atoms with E-state index in [0.29, 0.717) is 20.9 Å². The highest BCUT2D eigenvalue weighted by molar-refractivity contribution is 7.07. The van der Waals surface area contributed by atoms with Crippen LogP contribution in [0.4, 0.5) is 0 Å². The number of aromatic carboxylic acids is 1. The van der Waals surface area contributed by atoms with E-state index in [0.717, 1.165) is 52.1 Å². The zero-order chi connectivity index (χ0) is 29.0. The number of carbonyl (C=O) groups is 1. The smallest absolute Gasteiger partial charge is 0.335 e. The molecule has 0 radical (unpaired) electrons. The maximum Gasteiger partial charge on any atom is 0.335 e. The average Bonchev–Trinajstić information content (AvgIpc) is 3.60. The van der Waals surface area contributed by atoms with Gasteiger partial charge in [-0.3, -0.25) is 9.36 Å². The van der Waals surface area contributed by atoms with Crippen molar-refractivity contribution in [1.29, 1.82) is 0 Å². The summed E-state index contributed by atoms with van der Waals surface area (Å²) in [5.41, 5.74) is 7.17. The number of carboxylic acid groups (broad SMARTS) is 1. The van der Waals surface area contributed by atoms with Crippen LogP contribution in [-0.4, -0.2) is 22.8 Å². The van der Waals surface area contributed by atoms with Crippen LogP contribution in [0.2, 0.25) is 0 Å². The normalized spacial score (nSPS) is 16.0. The molecular formula is C34H26N2O5S. The van der Waals surface area contributed by atoms with E-state index >= 15 is 0 Å². The third kappa shape index (κ3) is 4.31. The van der Waals surface area contributed by atoms with Gasteiger partial charge in [-0.2, -0.15) is 0 Å². The Bertz CT molecular complexity index is 2100. The molecule has 0 unspecified atom stereocenters. The van der Waals surface area contributed by atoms with E-state index in [1.54, 1.807) is 31.4 Å². The number of aryl methyl sites for hydroxylation is 2. The Kier molecular flexibility index (Phi) is 6.28. The highest BCUT2D eigenvalue weighted by Gasteiger charge is 2.32. The lowest BCUT2D eigenvalue weighted by Gasteiger charge is -2.30. The monoisotopic (exact) mass is 574 g/mol. The molecule has 0 saturated heterocycles. The molecule has 0 fully saturated rings. The van der Waals surface area contributed by atoms with Crippen molar-refractivity contribution in [2.24, 2.45) is 4.99 Å². The Morgan fingerprint density at radius 1 is 1.05 bits per heavy atom. The fraction of sp³-hybridized carbons (Fsp3) is 0.147. The molecule has 208 valence electrons. The number of benzene rings is 3. The Labute approximate surface area is 245 Å². The number of hydrogen-bond donors (Lipinski definition) is 1.